The molecule has 0 N–H and O–H groups in total. The molecular formula is C13H15F4NO3. The lowest BCUT2D eigenvalue weighted by atomic mass is 10.0. The van der Waals surface area contributed by atoms with Crippen molar-refractivity contribution in [2.24, 2.45) is 5.92 Å². The Bertz CT molecular complexity index is 515. The molecule has 0 aliphatic carbocycles. The number of hydrogen-bond acceptors (Lipinski definition) is 3. The third-order valence-corrected chi connectivity index (χ3v) is 2.69. The highest BCUT2D eigenvalue weighted by molar-refractivity contribution is 5.85. The van der Waals surface area contributed by atoms with Gasteiger partial charge in [-0.2, -0.15) is 13.2 Å². The molecule has 0 saturated carbocycles. The van der Waals surface area contributed by atoms with Crippen LogP contribution < -0.4 is 0 Å². The number of hydrogen-bond donors (Lipinski definition) is 0. The molecule has 0 aliphatic rings. The van der Waals surface area contributed by atoms with Crippen LogP contribution in [-0.2, 0) is 4.79 Å². The Labute approximate surface area is 118 Å². The molecule has 1 aromatic carbocycles. The van der Waals surface area contributed by atoms with E-state index in [-0.39, 0.29) is 12.1 Å². The van der Waals surface area contributed by atoms with Crippen LogP contribution in [0.15, 0.2) is 18.2 Å². The summed E-state index contributed by atoms with van der Waals surface area (Å²) in [7, 11) is 0. The highest BCUT2D eigenvalue weighted by Gasteiger charge is 2.40. The van der Waals surface area contributed by atoms with Gasteiger partial charge in [0.05, 0.1) is 4.92 Å². The number of ketones is 1. The van der Waals surface area contributed by atoms with Crippen molar-refractivity contribution in [2.45, 2.75) is 33.4 Å². The average Bonchev–Trinajstić information content (AvgIpc) is 2.39. The predicted molar refractivity (Wildman–Crippen MR) is 68.3 cm³/mol. The summed E-state index contributed by atoms with van der Waals surface area (Å²) in [6.07, 6.45) is -4.42. The van der Waals surface area contributed by atoms with Crippen molar-refractivity contribution in [3.8, 4) is 0 Å². The van der Waals surface area contributed by atoms with E-state index in [1.54, 1.807) is 6.92 Å². The Balaban J connectivity index is 0.000000384. The number of rotatable bonds is 3. The van der Waals surface area contributed by atoms with E-state index in [1.807, 2.05) is 0 Å². The van der Waals surface area contributed by atoms with Crippen LogP contribution in [0.5, 0.6) is 0 Å². The van der Waals surface area contributed by atoms with Gasteiger partial charge in [0.15, 0.2) is 0 Å². The molecule has 1 unspecified atom stereocenters. The first-order valence-electron chi connectivity index (χ1n) is 6.02. The predicted octanol–water partition coefficient (Wildman–Crippen LogP) is 4.21. The number of nitrogens with zero attached hydrogens (tertiary/aromatic N) is 1. The van der Waals surface area contributed by atoms with Gasteiger partial charge < -0.3 is 0 Å². The number of carbonyl (C=O) groups excluding carboxylic acids is 1. The number of nitro benzene ring substituents is 1. The summed E-state index contributed by atoms with van der Waals surface area (Å²) in [5, 5.41) is 10.1. The zero-order valence-electron chi connectivity index (χ0n) is 11.7. The van der Waals surface area contributed by atoms with E-state index in [1.165, 1.54) is 19.9 Å². The molecule has 1 atom stereocenters. The maximum absolute atomic E-state index is 12.5. The Morgan fingerprint density at radius 1 is 1.38 bits per heavy atom. The van der Waals surface area contributed by atoms with Crippen LogP contribution in [-0.4, -0.2) is 16.9 Å². The zero-order chi connectivity index (χ0) is 16.8. The Kier molecular flexibility index (Phi) is 6.97. The summed E-state index contributed by atoms with van der Waals surface area (Å²) in [6, 6.07) is 3.44. The van der Waals surface area contributed by atoms with Gasteiger partial charge in [-0.1, -0.05) is 13.8 Å². The largest absolute Gasteiger partial charge is 0.450 e. The molecule has 0 bridgehead atoms. The first-order chi connectivity index (χ1) is 9.50. The molecule has 0 aliphatic heterocycles. The zero-order valence-corrected chi connectivity index (χ0v) is 11.7. The van der Waals surface area contributed by atoms with E-state index in [2.05, 4.69) is 0 Å². The molecule has 0 spiro atoms. The standard InChI is InChI=1S/C7H6FNO2.C6H9F3O/c1-5-4-6(9(10)11)2-3-7(5)8;1-3-4(2)5(10)6(7,8)9/h2-4H,1H3;4H,3H2,1-2H3. The first-order valence-corrected chi connectivity index (χ1v) is 6.02. The number of Topliss-reactive ketones (excluding diaryl/α,β-unsaturated/α-hetero) is 1. The molecule has 0 saturated heterocycles. The van der Waals surface area contributed by atoms with Crippen LogP contribution in [0.1, 0.15) is 25.8 Å². The molecule has 0 amide bonds. The normalized spacial score (nSPS) is 12.1. The van der Waals surface area contributed by atoms with E-state index >= 15 is 0 Å². The van der Waals surface area contributed by atoms with E-state index in [4.69, 9.17) is 0 Å². The summed E-state index contributed by atoms with van der Waals surface area (Å²) < 4.78 is 47.2. The summed E-state index contributed by atoms with van der Waals surface area (Å²) in [6.45, 7) is 4.31. The molecule has 118 valence electrons. The van der Waals surface area contributed by atoms with Crippen LogP contribution in [0.3, 0.4) is 0 Å². The van der Waals surface area contributed by atoms with Crippen LogP contribution in [0, 0.1) is 28.8 Å². The lowest BCUT2D eigenvalue weighted by molar-refractivity contribution is -0.385. The van der Waals surface area contributed by atoms with Gasteiger partial charge in [0.25, 0.3) is 5.69 Å². The maximum atomic E-state index is 12.5. The topological polar surface area (TPSA) is 60.2 Å². The van der Waals surface area contributed by atoms with Gasteiger partial charge in [-0.15, -0.1) is 0 Å². The van der Waals surface area contributed by atoms with Crippen molar-refractivity contribution in [2.75, 3.05) is 0 Å². The van der Waals surface area contributed by atoms with Crippen molar-refractivity contribution in [1.82, 2.24) is 0 Å². The highest BCUT2D eigenvalue weighted by atomic mass is 19.4. The second-order valence-corrected chi connectivity index (χ2v) is 4.36. The molecule has 21 heavy (non-hydrogen) atoms. The summed E-state index contributed by atoms with van der Waals surface area (Å²) in [4.78, 5) is 19.9. The van der Waals surface area contributed by atoms with Crippen LogP contribution in [0.2, 0.25) is 0 Å². The SMILES string of the molecule is CCC(C)C(=O)C(F)(F)F.Cc1cc([N+](=O)[O-])ccc1F. The van der Waals surface area contributed by atoms with E-state index in [9.17, 15) is 32.5 Å². The van der Waals surface area contributed by atoms with Gasteiger partial charge in [0, 0.05) is 18.1 Å². The molecule has 1 rings (SSSR count). The molecular weight excluding hydrogens is 294 g/mol. The number of halogens is 4. The highest BCUT2D eigenvalue weighted by Crippen LogP contribution is 2.21. The fraction of sp³-hybridized carbons (Fsp3) is 0.462. The molecule has 8 heteroatoms. The fourth-order valence-electron chi connectivity index (χ4n) is 1.21. The quantitative estimate of drug-likeness (QED) is 0.477. The molecule has 4 nitrogen and oxygen atoms in total. The maximum Gasteiger partial charge on any atom is 0.450 e. The average molecular weight is 309 g/mol. The minimum atomic E-state index is -4.66. The van der Waals surface area contributed by atoms with Gasteiger partial charge in [-0.25, -0.2) is 4.39 Å². The number of carbonyl (C=O) groups is 1. The van der Waals surface area contributed by atoms with Crippen LogP contribution in [0.25, 0.3) is 0 Å². The number of nitro groups is 1. The van der Waals surface area contributed by atoms with Crippen LogP contribution in [0.4, 0.5) is 23.2 Å². The number of non-ortho nitro benzene ring substituents is 1. The smallest absolute Gasteiger partial charge is 0.289 e. The minimum Gasteiger partial charge on any atom is -0.289 e. The summed E-state index contributed by atoms with van der Waals surface area (Å²) in [5.41, 5.74) is 0.211. The monoisotopic (exact) mass is 309 g/mol. The van der Waals surface area contributed by atoms with Crippen molar-refractivity contribution in [3.63, 3.8) is 0 Å². The Hall–Kier alpha value is -1.99. The fourth-order valence-corrected chi connectivity index (χ4v) is 1.21. The van der Waals surface area contributed by atoms with Crippen molar-refractivity contribution in [1.29, 1.82) is 0 Å². The Morgan fingerprint density at radius 2 is 1.90 bits per heavy atom. The lowest BCUT2D eigenvalue weighted by Crippen LogP contribution is -2.28. The van der Waals surface area contributed by atoms with Gasteiger partial charge in [-0.05, 0) is 25.0 Å². The second-order valence-electron chi connectivity index (χ2n) is 4.36. The lowest BCUT2D eigenvalue weighted by Gasteiger charge is -2.09. The summed E-state index contributed by atoms with van der Waals surface area (Å²) >= 11 is 0. The molecule has 1 aromatic rings. The summed E-state index contributed by atoms with van der Waals surface area (Å²) in [5.74, 6) is -2.95. The van der Waals surface area contributed by atoms with E-state index in [0.717, 1.165) is 12.1 Å². The minimum absolute atomic E-state index is 0.0797. The third-order valence-electron chi connectivity index (χ3n) is 2.69. The first kappa shape index (κ1) is 19.0. The van der Waals surface area contributed by atoms with Crippen molar-refractivity contribution < 1.29 is 27.3 Å². The third kappa shape index (κ3) is 6.33. The molecule has 0 aromatic heterocycles. The van der Waals surface area contributed by atoms with Gasteiger partial charge in [-0.3, -0.25) is 14.9 Å². The molecule has 0 fully saturated rings. The van der Waals surface area contributed by atoms with Gasteiger partial charge in [0.1, 0.15) is 5.82 Å². The number of alkyl halides is 3. The van der Waals surface area contributed by atoms with Gasteiger partial charge in [0.2, 0.25) is 5.78 Å². The van der Waals surface area contributed by atoms with E-state index in [0.29, 0.717) is 5.56 Å². The molecule has 0 radical (unpaired) electrons. The molecule has 0 heterocycles. The van der Waals surface area contributed by atoms with E-state index < -0.39 is 28.6 Å². The number of aryl methyl sites for hydroxylation is 1. The number of benzene rings is 1. The second kappa shape index (κ2) is 7.70. The van der Waals surface area contributed by atoms with Crippen molar-refractivity contribution in [3.05, 3.63) is 39.7 Å². The van der Waals surface area contributed by atoms with Gasteiger partial charge >= 0.3 is 6.18 Å². The van der Waals surface area contributed by atoms with Crippen LogP contribution >= 0.6 is 0 Å². The Morgan fingerprint density at radius 3 is 2.19 bits per heavy atom. The van der Waals surface area contributed by atoms with Crippen molar-refractivity contribution >= 4 is 11.5 Å².